The lowest BCUT2D eigenvalue weighted by Gasteiger charge is -2.30. The van der Waals surface area contributed by atoms with E-state index in [-0.39, 0.29) is 0 Å². The highest BCUT2D eigenvalue weighted by Gasteiger charge is 2.31. The SMILES string of the molecule is C[Si](C)(c1ccccc1)c1ccc(-c2c3ccccc3c(-c3ccc([Si](C)(C)c4ccc5c6c7c(ccc46)C=CCC7=CC5)cc3)c3ccccc23)cc1. The number of hydrogen-bond donors (Lipinski definition) is 0. The summed E-state index contributed by atoms with van der Waals surface area (Å²) in [4.78, 5) is 0. The first kappa shape index (κ1) is 33.1. The Morgan fingerprint density at radius 2 is 0.926 bits per heavy atom. The summed E-state index contributed by atoms with van der Waals surface area (Å²) in [5, 5.41) is 14.1. The molecule has 0 saturated carbocycles. The van der Waals surface area contributed by atoms with Crippen LogP contribution in [0.2, 0.25) is 26.2 Å². The molecule has 10 rings (SSSR count). The summed E-state index contributed by atoms with van der Waals surface area (Å²) in [6.07, 6.45) is 9.17. The predicted octanol–water partition coefficient (Wildman–Crippen LogP) is 11.5. The molecule has 0 N–H and O–H groups in total. The molecule has 260 valence electrons. The summed E-state index contributed by atoms with van der Waals surface area (Å²) in [7, 11) is -3.85. The van der Waals surface area contributed by atoms with E-state index in [0.717, 1.165) is 12.8 Å². The lowest BCUT2D eigenvalue weighted by atomic mass is 9.81. The molecule has 0 aromatic heterocycles. The summed E-state index contributed by atoms with van der Waals surface area (Å²) in [5.41, 5.74) is 11.0. The van der Waals surface area contributed by atoms with Crippen LogP contribution in [0.5, 0.6) is 0 Å². The van der Waals surface area contributed by atoms with Crippen LogP contribution in [0, 0.1) is 0 Å². The molecule has 0 nitrogen and oxygen atoms in total. The molecule has 0 unspecified atom stereocenters. The summed E-state index contributed by atoms with van der Waals surface area (Å²) in [5.74, 6) is 0. The lowest BCUT2D eigenvalue weighted by Crippen LogP contribution is -2.53. The predicted molar refractivity (Wildman–Crippen MR) is 242 cm³/mol. The lowest BCUT2D eigenvalue weighted by molar-refractivity contribution is 1.23. The smallest absolute Gasteiger partial charge is 0.0795 e. The maximum atomic E-state index is 2.53. The van der Waals surface area contributed by atoms with Crippen LogP contribution in [0.1, 0.15) is 23.1 Å². The summed E-state index contributed by atoms with van der Waals surface area (Å²) in [6, 6.07) is 58.0. The van der Waals surface area contributed by atoms with Crippen LogP contribution in [-0.4, -0.2) is 16.1 Å². The monoisotopic (exact) mass is 724 g/mol. The Labute approximate surface area is 321 Å². The number of allylic oxidation sites excluding steroid dienone is 3. The molecule has 0 saturated heterocycles. The average molecular weight is 725 g/mol. The molecule has 54 heavy (non-hydrogen) atoms. The van der Waals surface area contributed by atoms with Gasteiger partial charge in [0.2, 0.25) is 0 Å². The quantitative estimate of drug-likeness (QED) is 0.118. The minimum atomic E-state index is -2.05. The number of rotatable bonds is 6. The van der Waals surface area contributed by atoms with Gasteiger partial charge in [-0.1, -0.05) is 212 Å². The molecule has 2 heteroatoms. The molecule has 0 amide bonds. The highest BCUT2D eigenvalue weighted by atomic mass is 28.3. The normalized spacial score (nSPS) is 13.8. The first-order valence-corrected chi connectivity index (χ1v) is 25.5. The van der Waals surface area contributed by atoms with Crippen molar-refractivity contribution in [3.63, 3.8) is 0 Å². The Bertz CT molecular complexity index is 2780. The molecule has 0 heterocycles. The van der Waals surface area contributed by atoms with E-state index < -0.39 is 16.1 Å². The highest BCUT2D eigenvalue weighted by Crippen LogP contribution is 2.44. The minimum Gasteiger partial charge on any atom is -0.0795 e. The maximum absolute atomic E-state index is 2.53. The van der Waals surface area contributed by atoms with Gasteiger partial charge < -0.3 is 0 Å². The Balaban J connectivity index is 1.07. The molecule has 0 radical (unpaired) electrons. The first-order valence-electron chi connectivity index (χ1n) is 19.5. The van der Waals surface area contributed by atoms with Crippen LogP contribution < -0.4 is 20.7 Å². The van der Waals surface area contributed by atoms with Crippen LogP contribution in [0.15, 0.2) is 164 Å². The Morgan fingerprint density at radius 3 is 1.50 bits per heavy atom. The van der Waals surface area contributed by atoms with Gasteiger partial charge in [-0.25, -0.2) is 0 Å². The van der Waals surface area contributed by atoms with Crippen molar-refractivity contribution >= 4 is 80.9 Å². The fraction of sp³-hybridized carbons (Fsp3) is 0.115. The first-order chi connectivity index (χ1) is 26.3. The molecular weight excluding hydrogens is 681 g/mol. The fourth-order valence-electron chi connectivity index (χ4n) is 9.60. The third-order valence-corrected chi connectivity index (χ3v) is 19.8. The van der Waals surface area contributed by atoms with Gasteiger partial charge in [0.05, 0.1) is 0 Å². The van der Waals surface area contributed by atoms with E-state index in [1.807, 2.05) is 0 Å². The third kappa shape index (κ3) is 5.08. The van der Waals surface area contributed by atoms with E-state index in [2.05, 4.69) is 196 Å². The van der Waals surface area contributed by atoms with E-state index in [1.165, 1.54) is 97.6 Å². The second kappa shape index (κ2) is 12.5. The van der Waals surface area contributed by atoms with Gasteiger partial charge in [-0.2, -0.15) is 0 Å². The topological polar surface area (TPSA) is 0 Å². The molecular formula is C52H44Si2. The summed E-state index contributed by atoms with van der Waals surface area (Å²) >= 11 is 0. The van der Waals surface area contributed by atoms with Gasteiger partial charge >= 0.3 is 0 Å². The number of fused-ring (bicyclic) bond motifs is 2. The molecule has 2 aliphatic carbocycles. The van der Waals surface area contributed by atoms with E-state index in [1.54, 1.807) is 0 Å². The minimum absolute atomic E-state index is 1.03. The zero-order valence-corrected chi connectivity index (χ0v) is 33.6. The van der Waals surface area contributed by atoms with E-state index in [0.29, 0.717) is 0 Å². The molecule has 0 aliphatic heterocycles. The second-order valence-corrected chi connectivity index (χ2v) is 25.1. The van der Waals surface area contributed by atoms with Crippen LogP contribution in [-0.2, 0) is 6.42 Å². The van der Waals surface area contributed by atoms with Crippen molar-refractivity contribution in [1.29, 1.82) is 0 Å². The van der Waals surface area contributed by atoms with Crippen molar-refractivity contribution in [2.75, 3.05) is 0 Å². The van der Waals surface area contributed by atoms with Crippen molar-refractivity contribution in [3.8, 4) is 22.3 Å². The Morgan fingerprint density at radius 1 is 0.407 bits per heavy atom. The van der Waals surface area contributed by atoms with Crippen molar-refractivity contribution in [1.82, 2.24) is 0 Å². The Hall–Kier alpha value is -5.55. The van der Waals surface area contributed by atoms with Gasteiger partial charge in [-0.05, 0) is 94.9 Å². The highest BCUT2D eigenvalue weighted by molar-refractivity contribution is 7.02. The molecule has 0 fully saturated rings. The fourth-order valence-corrected chi connectivity index (χ4v) is 14.7. The van der Waals surface area contributed by atoms with E-state index >= 15 is 0 Å². The van der Waals surface area contributed by atoms with Crippen molar-refractivity contribution in [2.24, 2.45) is 0 Å². The Kier molecular flexibility index (Phi) is 7.66. The molecule has 0 spiro atoms. The van der Waals surface area contributed by atoms with Crippen LogP contribution in [0.25, 0.3) is 66.2 Å². The summed E-state index contributed by atoms with van der Waals surface area (Å²) < 4.78 is 0. The third-order valence-electron chi connectivity index (χ3n) is 12.7. The molecule has 8 aromatic rings. The van der Waals surface area contributed by atoms with Gasteiger partial charge in [-0.15, -0.1) is 0 Å². The molecule has 2 aliphatic rings. The van der Waals surface area contributed by atoms with E-state index in [4.69, 9.17) is 0 Å². The van der Waals surface area contributed by atoms with Crippen LogP contribution in [0.4, 0.5) is 0 Å². The van der Waals surface area contributed by atoms with E-state index in [9.17, 15) is 0 Å². The summed E-state index contributed by atoms with van der Waals surface area (Å²) in [6.45, 7) is 9.99. The van der Waals surface area contributed by atoms with Crippen LogP contribution >= 0.6 is 0 Å². The van der Waals surface area contributed by atoms with Crippen molar-refractivity contribution < 1.29 is 0 Å². The molecule has 0 bridgehead atoms. The zero-order chi connectivity index (χ0) is 36.6. The van der Waals surface area contributed by atoms with Crippen molar-refractivity contribution in [2.45, 2.75) is 39.0 Å². The van der Waals surface area contributed by atoms with Gasteiger partial charge in [0.25, 0.3) is 0 Å². The van der Waals surface area contributed by atoms with Crippen molar-refractivity contribution in [3.05, 3.63) is 181 Å². The van der Waals surface area contributed by atoms with Gasteiger partial charge in [-0.3, -0.25) is 0 Å². The zero-order valence-electron chi connectivity index (χ0n) is 31.6. The van der Waals surface area contributed by atoms with Gasteiger partial charge in [0.15, 0.2) is 0 Å². The molecule has 8 aromatic carbocycles. The molecule has 0 atom stereocenters. The van der Waals surface area contributed by atoms with Crippen LogP contribution in [0.3, 0.4) is 0 Å². The van der Waals surface area contributed by atoms with Gasteiger partial charge in [0.1, 0.15) is 16.1 Å². The average Bonchev–Trinajstić information content (AvgIpc) is 3.22. The second-order valence-electron chi connectivity index (χ2n) is 16.4. The van der Waals surface area contributed by atoms with Gasteiger partial charge in [0, 0.05) is 0 Å². The number of hydrogen-bond acceptors (Lipinski definition) is 0. The number of benzene rings is 8. The largest absolute Gasteiger partial charge is 0.113 e. The standard InChI is InChI=1S/C52H44Si2/c1-53(2,40-15-6-5-7-16-40)41-29-23-37(24-30-41)50-43-17-8-10-19-45(43)51(46-20-11-9-18-44(46)50)38-25-31-42(32-26-38)54(3,4)48-34-28-39-22-21-35-13-12-14-36-27-33-47(48)52(39)49(35)36/h5-12,14-21,23-34H,13,22H2,1-4H3. The maximum Gasteiger partial charge on any atom is 0.113 e.